The second-order valence-electron chi connectivity index (χ2n) is 4.47. The summed E-state index contributed by atoms with van der Waals surface area (Å²) in [7, 11) is 0. The van der Waals surface area contributed by atoms with Crippen molar-refractivity contribution in [3.8, 4) is 0 Å². The smallest absolute Gasteiger partial charge is 0.318 e. The van der Waals surface area contributed by atoms with Crippen LogP contribution < -0.4 is 0 Å². The Morgan fingerprint density at radius 2 is 1.57 bits per heavy atom. The summed E-state index contributed by atoms with van der Waals surface area (Å²) in [6, 6.07) is 0. The maximum atomic E-state index is 11.4. The Morgan fingerprint density at radius 1 is 1.14 bits per heavy atom. The molecule has 0 aliphatic carbocycles. The van der Waals surface area contributed by atoms with E-state index in [9.17, 15) is 9.59 Å². The van der Waals surface area contributed by atoms with Crippen LogP contribution in [0.1, 0.15) is 47.5 Å². The van der Waals surface area contributed by atoms with Crippen molar-refractivity contribution in [1.82, 2.24) is 0 Å². The molecule has 0 saturated heterocycles. The van der Waals surface area contributed by atoms with Gasteiger partial charge in [0, 0.05) is 0 Å². The van der Waals surface area contributed by atoms with Crippen LogP contribution in [0.3, 0.4) is 0 Å². The van der Waals surface area contributed by atoms with Gasteiger partial charge in [-0.2, -0.15) is 0 Å². The summed E-state index contributed by atoms with van der Waals surface area (Å²) in [5, 5.41) is 0. The van der Waals surface area contributed by atoms with Gasteiger partial charge in [0.2, 0.25) is 0 Å². The van der Waals surface area contributed by atoms with Crippen LogP contribution in [0.4, 0.5) is 0 Å². The summed E-state index contributed by atoms with van der Waals surface area (Å²) in [5.41, 5.74) is -0.609. The van der Waals surface area contributed by atoms with Crippen LogP contribution >= 0.6 is 0 Å². The summed E-state index contributed by atoms with van der Waals surface area (Å²) >= 11 is 0. The molecular formula is C11H20O3. The zero-order valence-corrected chi connectivity index (χ0v) is 9.72. The van der Waals surface area contributed by atoms with Gasteiger partial charge in [0.25, 0.3) is 0 Å². The second-order valence-corrected chi connectivity index (χ2v) is 4.47. The molecule has 0 atom stereocenters. The van der Waals surface area contributed by atoms with E-state index < -0.39 is 17.4 Å². The SMILES string of the molecule is CCC(CC)C(=O)OC(=O)C(C)(C)C. The highest BCUT2D eigenvalue weighted by atomic mass is 16.6. The Bertz CT molecular complexity index is 209. The average molecular weight is 200 g/mol. The van der Waals surface area contributed by atoms with Gasteiger partial charge in [0.05, 0.1) is 11.3 Å². The van der Waals surface area contributed by atoms with Gasteiger partial charge in [-0.15, -0.1) is 0 Å². The normalized spacial score (nSPS) is 11.6. The molecule has 0 radical (unpaired) electrons. The predicted octanol–water partition coefficient (Wildman–Crippen LogP) is 2.54. The Hall–Kier alpha value is -0.860. The van der Waals surface area contributed by atoms with E-state index in [1.807, 2.05) is 13.8 Å². The van der Waals surface area contributed by atoms with E-state index in [2.05, 4.69) is 0 Å². The highest BCUT2D eigenvalue weighted by Gasteiger charge is 2.27. The number of hydrogen-bond acceptors (Lipinski definition) is 3. The van der Waals surface area contributed by atoms with Gasteiger partial charge >= 0.3 is 11.9 Å². The molecular weight excluding hydrogens is 180 g/mol. The Morgan fingerprint density at radius 3 is 1.86 bits per heavy atom. The van der Waals surface area contributed by atoms with Gasteiger partial charge in [0.1, 0.15) is 0 Å². The molecule has 0 spiro atoms. The van der Waals surface area contributed by atoms with E-state index >= 15 is 0 Å². The van der Waals surface area contributed by atoms with Crippen LogP contribution in [-0.2, 0) is 14.3 Å². The Balaban J connectivity index is 4.26. The van der Waals surface area contributed by atoms with Crippen LogP contribution in [0.5, 0.6) is 0 Å². The Labute approximate surface area is 85.8 Å². The molecule has 0 aromatic heterocycles. The van der Waals surface area contributed by atoms with E-state index in [-0.39, 0.29) is 5.92 Å². The fourth-order valence-corrected chi connectivity index (χ4v) is 0.950. The van der Waals surface area contributed by atoms with Gasteiger partial charge in [-0.05, 0) is 33.6 Å². The summed E-state index contributed by atoms with van der Waals surface area (Å²) < 4.78 is 4.78. The molecule has 0 aromatic carbocycles. The summed E-state index contributed by atoms with van der Waals surface area (Å²) in [5.74, 6) is -0.995. The van der Waals surface area contributed by atoms with E-state index in [1.54, 1.807) is 20.8 Å². The third-order valence-electron chi connectivity index (χ3n) is 2.12. The maximum Gasteiger partial charge on any atom is 0.318 e. The van der Waals surface area contributed by atoms with Crippen LogP contribution in [0, 0.1) is 11.3 Å². The van der Waals surface area contributed by atoms with E-state index in [0.717, 1.165) is 0 Å². The molecule has 0 saturated carbocycles. The number of carbonyl (C=O) groups is 2. The molecule has 3 heteroatoms. The molecule has 0 amide bonds. The monoisotopic (exact) mass is 200 g/mol. The fraction of sp³-hybridized carbons (Fsp3) is 0.818. The minimum absolute atomic E-state index is 0.152. The van der Waals surface area contributed by atoms with Gasteiger partial charge in [0.15, 0.2) is 0 Å². The zero-order chi connectivity index (χ0) is 11.4. The minimum atomic E-state index is -0.609. The van der Waals surface area contributed by atoms with Crippen molar-refractivity contribution >= 4 is 11.9 Å². The first-order chi connectivity index (χ1) is 6.32. The Kier molecular flexibility index (Phi) is 4.81. The molecule has 0 fully saturated rings. The number of ether oxygens (including phenoxy) is 1. The molecule has 0 rings (SSSR count). The van der Waals surface area contributed by atoms with Crippen LogP contribution in [-0.4, -0.2) is 11.9 Å². The van der Waals surface area contributed by atoms with Crippen molar-refractivity contribution in [2.45, 2.75) is 47.5 Å². The molecule has 0 aliphatic heterocycles. The van der Waals surface area contributed by atoms with Crippen molar-refractivity contribution in [3.63, 3.8) is 0 Å². The van der Waals surface area contributed by atoms with Crippen LogP contribution in [0.15, 0.2) is 0 Å². The minimum Gasteiger partial charge on any atom is -0.393 e. The standard InChI is InChI=1S/C11H20O3/c1-6-8(7-2)9(12)14-10(13)11(3,4)5/h8H,6-7H2,1-5H3. The highest BCUT2D eigenvalue weighted by molar-refractivity contribution is 5.89. The molecule has 0 aromatic rings. The number of carbonyl (C=O) groups excluding carboxylic acids is 2. The largest absolute Gasteiger partial charge is 0.393 e. The third kappa shape index (κ3) is 3.90. The summed E-state index contributed by atoms with van der Waals surface area (Å²) in [4.78, 5) is 22.8. The average Bonchev–Trinajstić information content (AvgIpc) is 2.04. The van der Waals surface area contributed by atoms with E-state index in [0.29, 0.717) is 12.8 Å². The summed E-state index contributed by atoms with van der Waals surface area (Å²) in [6.45, 7) is 9.02. The van der Waals surface area contributed by atoms with Crippen molar-refractivity contribution < 1.29 is 14.3 Å². The number of esters is 2. The second kappa shape index (κ2) is 5.13. The maximum absolute atomic E-state index is 11.4. The van der Waals surface area contributed by atoms with Crippen molar-refractivity contribution in [2.75, 3.05) is 0 Å². The first kappa shape index (κ1) is 13.1. The molecule has 0 unspecified atom stereocenters. The van der Waals surface area contributed by atoms with Crippen LogP contribution in [0.2, 0.25) is 0 Å². The van der Waals surface area contributed by atoms with Gasteiger partial charge < -0.3 is 4.74 Å². The number of rotatable bonds is 3. The molecule has 0 heterocycles. The lowest BCUT2D eigenvalue weighted by Gasteiger charge is -2.17. The van der Waals surface area contributed by atoms with Gasteiger partial charge in [-0.3, -0.25) is 9.59 Å². The molecule has 3 nitrogen and oxygen atoms in total. The van der Waals surface area contributed by atoms with Crippen LogP contribution in [0.25, 0.3) is 0 Å². The molecule has 0 bridgehead atoms. The van der Waals surface area contributed by atoms with E-state index in [4.69, 9.17) is 4.74 Å². The van der Waals surface area contributed by atoms with Gasteiger partial charge in [-0.1, -0.05) is 13.8 Å². The third-order valence-corrected chi connectivity index (χ3v) is 2.12. The molecule has 14 heavy (non-hydrogen) atoms. The number of hydrogen-bond donors (Lipinski definition) is 0. The zero-order valence-electron chi connectivity index (χ0n) is 9.72. The first-order valence-corrected chi connectivity index (χ1v) is 5.09. The lowest BCUT2D eigenvalue weighted by Crippen LogP contribution is -2.28. The van der Waals surface area contributed by atoms with E-state index in [1.165, 1.54) is 0 Å². The topological polar surface area (TPSA) is 43.4 Å². The molecule has 0 aliphatic rings. The van der Waals surface area contributed by atoms with Crippen molar-refractivity contribution in [1.29, 1.82) is 0 Å². The molecule has 82 valence electrons. The molecule has 0 N–H and O–H groups in total. The first-order valence-electron chi connectivity index (χ1n) is 5.09. The predicted molar refractivity (Wildman–Crippen MR) is 54.6 cm³/mol. The highest BCUT2D eigenvalue weighted by Crippen LogP contribution is 2.18. The summed E-state index contributed by atoms with van der Waals surface area (Å²) in [6.07, 6.45) is 1.43. The lowest BCUT2D eigenvalue weighted by atomic mass is 9.97. The van der Waals surface area contributed by atoms with Crippen molar-refractivity contribution in [3.05, 3.63) is 0 Å². The van der Waals surface area contributed by atoms with Crippen molar-refractivity contribution in [2.24, 2.45) is 11.3 Å². The lowest BCUT2D eigenvalue weighted by molar-refractivity contribution is -0.168. The fourth-order valence-electron chi connectivity index (χ4n) is 0.950. The quantitative estimate of drug-likeness (QED) is 0.519. The van der Waals surface area contributed by atoms with Gasteiger partial charge in [-0.25, -0.2) is 0 Å².